The maximum absolute atomic E-state index is 8.88. The van der Waals surface area contributed by atoms with E-state index in [-0.39, 0.29) is 31.4 Å². The van der Waals surface area contributed by atoms with Gasteiger partial charge in [0.15, 0.2) is 0 Å². The number of fused-ring (bicyclic) bond motifs is 3. The molecule has 0 aliphatic heterocycles. The fraction of sp³-hybridized carbons (Fsp3) is 0.200. The van der Waals surface area contributed by atoms with Crippen molar-refractivity contribution in [3.05, 3.63) is 181 Å². The van der Waals surface area contributed by atoms with Gasteiger partial charge in [0, 0.05) is 40.6 Å². The van der Waals surface area contributed by atoms with Gasteiger partial charge < -0.3 is 14.4 Å². The first-order valence-electron chi connectivity index (χ1n) is 19.7. The zero-order chi connectivity index (χ0) is 37.8. The Balaban J connectivity index is 0.000000188. The first kappa shape index (κ1) is 34.6. The van der Waals surface area contributed by atoms with Crippen LogP contribution in [0.15, 0.2) is 156 Å². The number of pyridine rings is 2. The first-order chi connectivity index (χ1) is 26.8. The summed E-state index contributed by atoms with van der Waals surface area (Å²) >= 11 is 0. The average Bonchev–Trinajstić information content (AvgIpc) is 3.63. The Morgan fingerprint density at radius 1 is 0.667 bits per heavy atom. The van der Waals surface area contributed by atoms with Gasteiger partial charge in [0.2, 0.25) is 0 Å². The smallest absolute Gasteiger partial charge is 0.121 e. The van der Waals surface area contributed by atoms with Gasteiger partial charge in [0.1, 0.15) is 5.58 Å². The molecule has 4 heteroatoms. The predicted molar refractivity (Wildman–Crippen MR) is 219 cm³/mol. The van der Waals surface area contributed by atoms with Crippen molar-refractivity contribution in [3.63, 3.8) is 0 Å². The monoisotopic (exact) mass is 883 g/mol. The second-order valence-corrected chi connectivity index (χ2v) is 14.4. The van der Waals surface area contributed by atoms with Crippen molar-refractivity contribution < 1.29 is 27.3 Å². The van der Waals surface area contributed by atoms with Gasteiger partial charge in [-0.05, 0) is 64.0 Å². The molecule has 0 unspecified atom stereocenters. The fourth-order valence-electron chi connectivity index (χ4n) is 7.43. The predicted octanol–water partition coefficient (Wildman–Crippen LogP) is 13.1. The van der Waals surface area contributed by atoms with Gasteiger partial charge in [-0.3, -0.25) is 0 Å². The van der Waals surface area contributed by atoms with E-state index in [1.54, 1.807) is 6.20 Å². The summed E-state index contributed by atoms with van der Waals surface area (Å²) in [7, 11) is 0. The molecular formula is C50H44IrN2O-2. The van der Waals surface area contributed by atoms with Gasteiger partial charge >= 0.3 is 0 Å². The van der Waals surface area contributed by atoms with E-state index in [9.17, 15) is 0 Å². The molecule has 0 bridgehead atoms. The standard InChI is InChI=1S/C30H26NO.C20H18N.Ir/c1-3-8-21(9-4-1)18-22-16-17-31-28(19-22)27-13-7-12-26-25-15-14-24(20-29(25)32-30(26)27)23-10-5-2-6-11-23;1-20(2,17-10-4-3-5-11-17)18-12-8-9-16(15-18)19-13-6-7-14-21-19;/h2,5-7,10-12,14-17,19-21H,1,3-4,8-9,18H2;3-8,10-15H,1-2H3;/q2*-1;/i18D2;;. The zero-order valence-corrected chi connectivity index (χ0v) is 33.1. The molecule has 3 heterocycles. The van der Waals surface area contributed by atoms with Crippen LogP contribution >= 0.6 is 0 Å². The Hall–Kier alpha value is -5.15. The van der Waals surface area contributed by atoms with Crippen molar-refractivity contribution in [1.82, 2.24) is 9.97 Å². The number of hydrogen-bond acceptors (Lipinski definition) is 3. The Kier molecular flexibility index (Phi) is 10.8. The molecule has 1 fully saturated rings. The Labute approximate surface area is 335 Å². The summed E-state index contributed by atoms with van der Waals surface area (Å²) < 4.78 is 24.1. The van der Waals surface area contributed by atoms with Gasteiger partial charge in [-0.15, -0.1) is 53.6 Å². The van der Waals surface area contributed by atoms with Crippen molar-refractivity contribution >= 4 is 21.9 Å². The normalized spacial score (nSPS) is 14.0. The van der Waals surface area contributed by atoms with E-state index in [4.69, 9.17) is 7.16 Å². The molecular weight excluding hydrogens is 837 g/mol. The van der Waals surface area contributed by atoms with Gasteiger partial charge in [-0.25, -0.2) is 0 Å². The summed E-state index contributed by atoms with van der Waals surface area (Å²) in [6.07, 6.45) is 7.48. The van der Waals surface area contributed by atoms with Crippen molar-refractivity contribution in [3.8, 4) is 33.6 Å². The minimum absolute atomic E-state index is 0. The van der Waals surface area contributed by atoms with Crippen LogP contribution in [0.4, 0.5) is 0 Å². The molecule has 9 rings (SSSR count). The number of nitrogens with zero attached hydrogens (tertiary/aromatic N) is 2. The van der Waals surface area contributed by atoms with Crippen LogP contribution in [0.3, 0.4) is 0 Å². The van der Waals surface area contributed by atoms with Crippen LogP contribution in [-0.4, -0.2) is 9.97 Å². The first-order valence-corrected chi connectivity index (χ1v) is 18.7. The fourth-order valence-corrected chi connectivity index (χ4v) is 7.43. The van der Waals surface area contributed by atoms with Crippen LogP contribution in [0.5, 0.6) is 0 Å². The average molecular weight is 883 g/mol. The molecule has 0 spiro atoms. The molecule has 1 saturated carbocycles. The molecule has 0 N–H and O–H groups in total. The van der Waals surface area contributed by atoms with Crippen molar-refractivity contribution in [2.75, 3.05) is 0 Å². The molecule has 0 atom stereocenters. The molecule has 8 aromatic rings. The summed E-state index contributed by atoms with van der Waals surface area (Å²) in [6, 6.07) is 53.7. The summed E-state index contributed by atoms with van der Waals surface area (Å²) in [6.45, 7) is 4.50. The quantitative estimate of drug-likeness (QED) is 0.150. The SMILES string of the molecule is CC(C)(c1ccccc1)c1cc[c-]c(-c2ccccn2)c1.[2H]C([2H])(c1ccnc(-c2[c-]ccc3c2oc2cc(-c4ccccc4)ccc23)c1)C1CCCCC1.[Ir]. The summed E-state index contributed by atoms with van der Waals surface area (Å²) in [5.41, 5.74) is 10.5. The minimum Gasteiger partial charge on any atom is -0.501 e. The van der Waals surface area contributed by atoms with E-state index >= 15 is 0 Å². The van der Waals surface area contributed by atoms with E-state index in [0.717, 1.165) is 75.6 Å². The maximum Gasteiger partial charge on any atom is 0.121 e. The molecule has 0 saturated heterocycles. The van der Waals surface area contributed by atoms with E-state index in [2.05, 4.69) is 109 Å². The summed E-state index contributed by atoms with van der Waals surface area (Å²) in [5, 5.41) is 2.07. The number of furan rings is 1. The molecule has 54 heavy (non-hydrogen) atoms. The topological polar surface area (TPSA) is 38.9 Å². The third-order valence-electron chi connectivity index (χ3n) is 10.5. The number of benzene rings is 5. The second kappa shape index (κ2) is 16.9. The van der Waals surface area contributed by atoms with Crippen molar-refractivity contribution in [1.29, 1.82) is 0 Å². The number of hydrogen-bond donors (Lipinski definition) is 0. The Bertz CT molecular complexity index is 2530. The van der Waals surface area contributed by atoms with Crippen molar-refractivity contribution in [2.45, 2.75) is 57.7 Å². The molecule has 1 aliphatic rings. The largest absolute Gasteiger partial charge is 0.501 e. The molecule has 271 valence electrons. The molecule has 5 aromatic carbocycles. The van der Waals surface area contributed by atoms with Crippen LogP contribution in [0.2, 0.25) is 0 Å². The third kappa shape index (κ3) is 8.16. The molecule has 1 radical (unpaired) electrons. The van der Waals surface area contributed by atoms with Crippen molar-refractivity contribution in [2.24, 2.45) is 5.92 Å². The molecule has 3 nitrogen and oxygen atoms in total. The van der Waals surface area contributed by atoms with Gasteiger partial charge in [-0.2, -0.15) is 0 Å². The number of rotatable bonds is 7. The van der Waals surface area contributed by atoms with Gasteiger partial charge in [0.05, 0.1) is 5.58 Å². The van der Waals surface area contributed by atoms with E-state index < -0.39 is 6.37 Å². The van der Waals surface area contributed by atoms with E-state index in [1.807, 2.05) is 72.9 Å². The molecule has 1 aliphatic carbocycles. The van der Waals surface area contributed by atoms with Crippen LogP contribution in [-0.2, 0) is 31.9 Å². The Morgan fingerprint density at radius 3 is 2.19 bits per heavy atom. The second-order valence-electron chi connectivity index (χ2n) is 14.4. The van der Waals surface area contributed by atoms with Gasteiger partial charge in [-0.1, -0.05) is 153 Å². The van der Waals surface area contributed by atoms with Gasteiger partial charge in [0.25, 0.3) is 0 Å². The van der Waals surface area contributed by atoms with E-state index in [1.165, 1.54) is 17.5 Å². The molecule has 0 amide bonds. The maximum atomic E-state index is 8.88. The Morgan fingerprint density at radius 2 is 1.41 bits per heavy atom. The van der Waals surface area contributed by atoms with Crippen LogP contribution in [0.1, 0.15) is 65.4 Å². The molecule has 3 aromatic heterocycles. The zero-order valence-electron chi connectivity index (χ0n) is 32.7. The third-order valence-corrected chi connectivity index (χ3v) is 10.5. The summed E-state index contributed by atoms with van der Waals surface area (Å²) in [5.74, 6) is 0.0545. The summed E-state index contributed by atoms with van der Waals surface area (Å²) in [4.78, 5) is 9.01. The van der Waals surface area contributed by atoms with Crippen LogP contribution in [0.25, 0.3) is 55.6 Å². The van der Waals surface area contributed by atoms with E-state index in [0.29, 0.717) is 11.3 Å². The van der Waals surface area contributed by atoms with Crippen LogP contribution in [0, 0.1) is 18.1 Å². The number of aromatic nitrogens is 2. The van der Waals surface area contributed by atoms with Crippen LogP contribution < -0.4 is 0 Å². The minimum atomic E-state index is -1.37.